The molecule has 17 heavy (non-hydrogen) atoms. The number of nitrogens with one attached hydrogen (secondary N) is 1. The van der Waals surface area contributed by atoms with Crippen LogP contribution in [0.25, 0.3) is 0 Å². The molecule has 2 rings (SSSR count). The van der Waals surface area contributed by atoms with Gasteiger partial charge >= 0.3 is 0 Å². The van der Waals surface area contributed by atoms with Crippen LogP contribution in [0.2, 0.25) is 0 Å². The Bertz CT molecular complexity index is 420. The normalized spacial score (nSPS) is 16.0. The van der Waals surface area contributed by atoms with E-state index in [2.05, 4.69) is 28.2 Å². The highest BCUT2D eigenvalue weighted by Crippen LogP contribution is 2.28. The molecule has 1 heterocycles. The van der Waals surface area contributed by atoms with Crippen molar-refractivity contribution in [1.29, 1.82) is 0 Å². The van der Waals surface area contributed by atoms with E-state index in [9.17, 15) is 4.79 Å². The van der Waals surface area contributed by atoms with E-state index in [-0.39, 0.29) is 10.9 Å². The first kappa shape index (κ1) is 12.4. The molecule has 0 bridgehead atoms. The first-order valence-corrected chi connectivity index (χ1v) is 6.84. The van der Waals surface area contributed by atoms with Crippen molar-refractivity contribution in [2.45, 2.75) is 37.6 Å². The number of aryl methyl sites for hydroxylation is 1. The highest BCUT2D eigenvalue weighted by Gasteiger charge is 2.15. The predicted molar refractivity (Wildman–Crippen MR) is 71.6 cm³/mol. The Morgan fingerprint density at radius 1 is 1.47 bits per heavy atom. The van der Waals surface area contributed by atoms with Crippen LogP contribution in [0.4, 0.5) is 5.69 Å². The maximum Gasteiger partial charge on any atom is 0.224 e. The quantitative estimate of drug-likeness (QED) is 0.864. The minimum atomic E-state index is 0.0323. The molecule has 0 saturated carbocycles. The average molecular weight is 298 g/mol. The number of hydrogen-bond donors (Lipinski definition) is 1. The number of halogens is 1. The van der Waals surface area contributed by atoms with Crippen molar-refractivity contribution >= 4 is 27.5 Å². The summed E-state index contributed by atoms with van der Waals surface area (Å²) in [4.78, 5) is 11.3. The summed E-state index contributed by atoms with van der Waals surface area (Å²) in [5, 5.41) is 2.90. The van der Waals surface area contributed by atoms with Gasteiger partial charge in [-0.25, -0.2) is 0 Å². The maximum absolute atomic E-state index is 11.3. The van der Waals surface area contributed by atoms with Gasteiger partial charge in [0.25, 0.3) is 0 Å². The molecule has 1 aliphatic rings. The van der Waals surface area contributed by atoms with Gasteiger partial charge in [-0.3, -0.25) is 4.79 Å². The van der Waals surface area contributed by atoms with Crippen molar-refractivity contribution in [2.75, 3.05) is 5.32 Å². The van der Waals surface area contributed by atoms with Gasteiger partial charge in [-0.2, -0.15) is 0 Å². The van der Waals surface area contributed by atoms with E-state index in [1.165, 1.54) is 5.56 Å². The van der Waals surface area contributed by atoms with Crippen LogP contribution in [0, 0.1) is 0 Å². The zero-order chi connectivity index (χ0) is 12.3. The fourth-order valence-electron chi connectivity index (χ4n) is 1.86. The molecule has 1 N–H and O–H groups in total. The van der Waals surface area contributed by atoms with E-state index in [4.69, 9.17) is 4.74 Å². The number of ether oxygens (including phenoxy) is 1. The number of carbonyl (C=O) groups is 1. The summed E-state index contributed by atoms with van der Waals surface area (Å²) in [6.45, 7) is 2.12. The molecule has 1 aromatic carbocycles. The second-order valence-corrected chi connectivity index (χ2v) is 5.21. The van der Waals surface area contributed by atoms with Crippen LogP contribution in [0.1, 0.15) is 31.7 Å². The molecule has 1 unspecified atom stereocenters. The van der Waals surface area contributed by atoms with E-state index in [0.29, 0.717) is 6.42 Å². The van der Waals surface area contributed by atoms with E-state index < -0.39 is 0 Å². The van der Waals surface area contributed by atoms with Gasteiger partial charge in [0.05, 0.1) is 0 Å². The SMILES string of the molecule is CCCC(Br)Oc1ccc2c(c1)NC(=O)CC2. The lowest BCUT2D eigenvalue weighted by Gasteiger charge is -2.19. The third kappa shape index (κ3) is 3.22. The van der Waals surface area contributed by atoms with Gasteiger partial charge < -0.3 is 10.1 Å². The van der Waals surface area contributed by atoms with Gasteiger partial charge in [0.15, 0.2) is 5.01 Å². The second kappa shape index (κ2) is 5.54. The molecular weight excluding hydrogens is 282 g/mol. The highest BCUT2D eigenvalue weighted by molar-refractivity contribution is 9.09. The van der Waals surface area contributed by atoms with Crippen LogP contribution in [-0.4, -0.2) is 10.9 Å². The molecule has 1 aliphatic heterocycles. The van der Waals surface area contributed by atoms with Gasteiger partial charge in [0, 0.05) is 18.2 Å². The highest BCUT2D eigenvalue weighted by atomic mass is 79.9. The second-order valence-electron chi connectivity index (χ2n) is 4.18. The van der Waals surface area contributed by atoms with Crippen LogP contribution in [0.3, 0.4) is 0 Å². The van der Waals surface area contributed by atoms with Gasteiger partial charge in [-0.15, -0.1) is 0 Å². The molecule has 1 amide bonds. The molecule has 3 nitrogen and oxygen atoms in total. The topological polar surface area (TPSA) is 38.3 Å². The average Bonchev–Trinajstić information content (AvgIpc) is 2.28. The fraction of sp³-hybridized carbons (Fsp3) is 0.462. The van der Waals surface area contributed by atoms with Crippen molar-refractivity contribution in [3.8, 4) is 5.75 Å². The van der Waals surface area contributed by atoms with Gasteiger partial charge in [-0.05, 0) is 40.4 Å². The van der Waals surface area contributed by atoms with Crippen molar-refractivity contribution in [3.05, 3.63) is 23.8 Å². The largest absolute Gasteiger partial charge is 0.479 e. The van der Waals surface area contributed by atoms with Gasteiger partial charge in [-0.1, -0.05) is 19.4 Å². The van der Waals surface area contributed by atoms with Crippen LogP contribution < -0.4 is 10.1 Å². The Balaban J connectivity index is 2.10. The number of rotatable bonds is 4. The van der Waals surface area contributed by atoms with Crippen LogP contribution in [-0.2, 0) is 11.2 Å². The van der Waals surface area contributed by atoms with Gasteiger partial charge in [0.1, 0.15) is 5.75 Å². The van der Waals surface area contributed by atoms with Crippen LogP contribution >= 0.6 is 15.9 Å². The summed E-state index contributed by atoms with van der Waals surface area (Å²) in [5.41, 5.74) is 2.06. The summed E-state index contributed by atoms with van der Waals surface area (Å²) < 4.78 is 5.72. The maximum atomic E-state index is 11.3. The molecule has 1 aromatic rings. The van der Waals surface area contributed by atoms with Crippen molar-refractivity contribution in [3.63, 3.8) is 0 Å². The van der Waals surface area contributed by atoms with E-state index in [1.807, 2.05) is 18.2 Å². The summed E-state index contributed by atoms with van der Waals surface area (Å²) in [5.74, 6) is 0.875. The van der Waals surface area contributed by atoms with Gasteiger partial charge in [0.2, 0.25) is 5.91 Å². The number of amides is 1. The molecule has 1 atom stereocenters. The molecule has 0 fully saturated rings. The van der Waals surface area contributed by atoms with Crippen molar-refractivity contribution in [1.82, 2.24) is 0 Å². The Hall–Kier alpha value is -1.03. The minimum Gasteiger partial charge on any atom is -0.479 e. The van der Waals surface area contributed by atoms with Crippen LogP contribution in [0.15, 0.2) is 18.2 Å². The Morgan fingerprint density at radius 2 is 2.29 bits per heavy atom. The zero-order valence-corrected chi connectivity index (χ0v) is 11.4. The minimum absolute atomic E-state index is 0.0323. The summed E-state index contributed by atoms with van der Waals surface area (Å²) >= 11 is 3.47. The molecule has 0 radical (unpaired) electrons. The number of carbonyl (C=O) groups excluding carboxylic acids is 1. The molecule has 4 heteroatoms. The number of alkyl halides is 1. The van der Waals surface area contributed by atoms with E-state index in [1.54, 1.807) is 0 Å². The summed E-state index contributed by atoms with van der Waals surface area (Å²) in [6.07, 6.45) is 3.42. The molecule has 0 saturated heterocycles. The van der Waals surface area contributed by atoms with Crippen molar-refractivity contribution in [2.24, 2.45) is 0 Å². The number of fused-ring (bicyclic) bond motifs is 1. The molecule has 0 spiro atoms. The lowest BCUT2D eigenvalue weighted by molar-refractivity contribution is -0.116. The summed E-state index contributed by atoms with van der Waals surface area (Å²) in [7, 11) is 0. The molecule has 0 aromatic heterocycles. The lowest BCUT2D eigenvalue weighted by Crippen LogP contribution is -2.19. The molecular formula is C13H16BrNO2. The third-order valence-corrected chi connectivity index (χ3v) is 3.40. The standard InChI is InChI=1S/C13H16BrNO2/c1-2-3-12(14)17-10-6-4-9-5-7-13(16)15-11(9)8-10/h4,6,8,12H,2-3,5,7H2,1H3,(H,15,16). The fourth-order valence-corrected chi connectivity index (χ4v) is 2.53. The Labute approximate surface area is 110 Å². The molecule has 92 valence electrons. The lowest BCUT2D eigenvalue weighted by atomic mass is 10.0. The Kier molecular flexibility index (Phi) is 4.05. The van der Waals surface area contributed by atoms with Crippen molar-refractivity contribution < 1.29 is 9.53 Å². The summed E-state index contributed by atoms with van der Waals surface area (Å²) in [6, 6.07) is 5.88. The number of benzene rings is 1. The third-order valence-electron chi connectivity index (χ3n) is 2.76. The zero-order valence-electron chi connectivity index (χ0n) is 9.83. The van der Waals surface area contributed by atoms with E-state index in [0.717, 1.165) is 30.7 Å². The predicted octanol–water partition coefficient (Wildman–Crippen LogP) is 3.47. The smallest absolute Gasteiger partial charge is 0.224 e. The number of hydrogen-bond acceptors (Lipinski definition) is 2. The monoisotopic (exact) mass is 297 g/mol. The Morgan fingerprint density at radius 3 is 3.06 bits per heavy atom. The molecule has 0 aliphatic carbocycles. The first-order valence-electron chi connectivity index (χ1n) is 5.92. The first-order chi connectivity index (χ1) is 8.19. The number of anilines is 1. The van der Waals surface area contributed by atoms with Crippen LogP contribution in [0.5, 0.6) is 5.75 Å². The van der Waals surface area contributed by atoms with E-state index >= 15 is 0 Å².